The van der Waals surface area contributed by atoms with Gasteiger partial charge in [-0.3, -0.25) is 9.89 Å². The number of amides is 1. The van der Waals surface area contributed by atoms with E-state index in [2.05, 4.69) is 15.5 Å². The molecule has 1 aromatic heterocycles. The molecule has 0 saturated heterocycles. The van der Waals surface area contributed by atoms with Gasteiger partial charge in [0, 0.05) is 16.6 Å². The first-order chi connectivity index (χ1) is 14.3. The summed E-state index contributed by atoms with van der Waals surface area (Å²) in [6.07, 6.45) is 0. The molecule has 0 aliphatic rings. The van der Waals surface area contributed by atoms with Crippen molar-refractivity contribution in [3.05, 3.63) is 78.4 Å². The molecule has 0 fully saturated rings. The number of benzene rings is 3. The van der Waals surface area contributed by atoms with Crippen molar-refractivity contribution in [1.29, 1.82) is 0 Å². The van der Waals surface area contributed by atoms with Gasteiger partial charge in [0.2, 0.25) is 15.9 Å². The summed E-state index contributed by atoms with van der Waals surface area (Å²) < 4.78 is 23.3. The number of H-pyrrole nitrogens is 1. The van der Waals surface area contributed by atoms with Crippen LogP contribution < -0.4 is 16.2 Å². The molecule has 30 heavy (non-hydrogen) atoms. The minimum absolute atomic E-state index is 0.00515. The topological polar surface area (TPSA) is 144 Å². The van der Waals surface area contributed by atoms with E-state index >= 15 is 0 Å². The second-order valence-corrected chi connectivity index (χ2v) is 8.34. The van der Waals surface area contributed by atoms with Crippen molar-refractivity contribution in [1.82, 2.24) is 10.2 Å². The van der Waals surface area contributed by atoms with Crippen molar-refractivity contribution in [3.63, 3.8) is 0 Å². The highest BCUT2D eigenvalue weighted by molar-refractivity contribution is 7.89. The first kappa shape index (κ1) is 19.8. The third-order valence-electron chi connectivity index (χ3n) is 4.71. The molecule has 0 aliphatic carbocycles. The summed E-state index contributed by atoms with van der Waals surface area (Å²) in [5.74, 6) is -0.346. The fraction of sp³-hybridized carbons (Fsp3) is 0.0476. The number of hydrogen-bond donors (Lipinski definition) is 4. The van der Waals surface area contributed by atoms with E-state index in [1.807, 2.05) is 18.2 Å². The van der Waals surface area contributed by atoms with Crippen LogP contribution in [-0.2, 0) is 14.8 Å². The van der Waals surface area contributed by atoms with Crippen LogP contribution in [0.15, 0.2) is 77.7 Å². The molecule has 1 atom stereocenters. The summed E-state index contributed by atoms with van der Waals surface area (Å²) in [7, 11) is -3.84. The molecule has 9 heteroatoms. The molecule has 0 bridgehead atoms. The van der Waals surface area contributed by atoms with Crippen molar-refractivity contribution in [3.8, 4) is 11.3 Å². The van der Waals surface area contributed by atoms with E-state index in [-0.39, 0.29) is 10.8 Å². The van der Waals surface area contributed by atoms with Gasteiger partial charge >= 0.3 is 0 Å². The quantitative estimate of drug-likeness (QED) is 0.391. The zero-order chi connectivity index (χ0) is 21.3. The fourth-order valence-corrected chi connectivity index (χ4v) is 3.72. The van der Waals surface area contributed by atoms with Crippen molar-refractivity contribution in [2.75, 3.05) is 5.32 Å². The minimum Gasteiger partial charge on any atom is -0.324 e. The first-order valence-corrected chi connectivity index (χ1v) is 10.6. The highest BCUT2D eigenvalue weighted by Crippen LogP contribution is 2.30. The number of carbonyl (C=O) groups is 1. The van der Waals surface area contributed by atoms with Gasteiger partial charge in [0.1, 0.15) is 11.7 Å². The standard InChI is InChI=1S/C21H19N5O3S/c22-19(13-5-2-1-3-6-13)21(27)24-15-9-10-18-17(12-15)20(26-25-18)14-7-4-8-16(11-14)30(23,28)29/h1-12,19H,22H2,(H,24,27)(H,25,26)(H2,23,28,29). The Morgan fingerprint density at radius 1 is 1.00 bits per heavy atom. The molecule has 4 rings (SSSR count). The number of carbonyl (C=O) groups excluding carboxylic acids is 1. The number of hydrogen-bond acceptors (Lipinski definition) is 5. The fourth-order valence-electron chi connectivity index (χ4n) is 3.16. The largest absolute Gasteiger partial charge is 0.324 e. The Kier molecular flexibility index (Phi) is 5.08. The van der Waals surface area contributed by atoms with Crippen LogP contribution in [-0.4, -0.2) is 24.5 Å². The number of nitrogens with two attached hydrogens (primary N) is 2. The molecule has 1 amide bonds. The molecular formula is C21H19N5O3S. The van der Waals surface area contributed by atoms with E-state index in [0.29, 0.717) is 27.9 Å². The molecule has 3 aromatic carbocycles. The Hall–Kier alpha value is -3.53. The number of aromatic amines is 1. The number of fused-ring (bicyclic) bond motifs is 1. The number of anilines is 1. The molecule has 152 valence electrons. The van der Waals surface area contributed by atoms with Crippen LogP contribution >= 0.6 is 0 Å². The predicted octanol–water partition coefficient (Wildman–Crippen LogP) is 2.52. The zero-order valence-corrected chi connectivity index (χ0v) is 16.6. The number of sulfonamides is 1. The Morgan fingerprint density at radius 3 is 2.50 bits per heavy atom. The predicted molar refractivity (Wildman–Crippen MR) is 115 cm³/mol. The summed E-state index contributed by atoms with van der Waals surface area (Å²) in [4.78, 5) is 12.6. The molecule has 1 unspecified atom stereocenters. The van der Waals surface area contributed by atoms with Crippen molar-refractivity contribution in [2.24, 2.45) is 10.9 Å². The monoisotopic (exact) mass is 421 g/mol. The van der Waals surface area contributed by atoms with E-state index in [1.54, 1.807) is 42.5 Å². The molecular weight excluding hydrogens is 402 g/mol. The molecule has 6 N–H and O–H groups in total. The molecule has 4 aromatic rings. The molecule has 1 heterocycles. The van der Waals surface area contributed by atoms with Gasteiger partial charge in [-0.15, -0.1) is 0 Å². The molecule has 0 spiro atoms. The molecule has 0 saturated carbocycles. The zero-order valence-electron chi connectivity index (χ0n) is 15.7. The normalized spacial score (nSPS) is 12.6. The Balaban J connectivity index is 1.66. The number of aromatic nitrogens is 2. The molecule has 0 aliphatic heterocycles. The molecule has 8 nitrogen and oxygen atoms in total. The van der Waals surface area contributed by atoms with E-state index in [0.717, 1.165) is 5.52 Å². The van der Waals surface area contributed by atoms with Gasteiger partial charge in [0.25, 0.3) is 0 Å². The second-order valence-electron chi connectivity index (χ2n) is 6.78. The van der Waals surface area contributed by atoms with Crippen molar-refractivity contribution >= 4 is 32.5 Å². The van der Waals surface area contributed by atoms with Gasteiger partial charge in [-0.2, -0.15) is 5.10 Å². The van der Waals surface area contributed by atoms with Crippen LogP contribution in [0.2, 0.25) is 0 Å². The van der Waals surface area contributed by atoms with Gasteiger partial charge in [0.15, 0.2) is 0 Å². The minimum atomic E-state index is -3.84. The number of nitrogens with one attached hydrogen (secondary N) is 2. The lowest BCUT2D eigenvalue weighted by Crippen LogP contribution is -2.27. The van der Waals surface area contributed by atoms with E-state index in [9.17, 15) is 13.2 Å². The lowest BCUT2D eigenvalue weighted by molar-refractivity contribution is -0.117. The third-order valence-corrected chi connectivity index (χ3v) is 5.62. The van der Waals surface area contributed by atoms with E-state index in [1.165, 1.54) is 12.1 Å². The van der Waals surface area contributed by atoms with Crippen LogP contribution in [0.5, 0.6) is 0 Å². The maximum Gasteiger partial charge on any atom is 0.245 e. The van der Waals surface area contributed by atoms with Crippen LogP contribution in [0.1, 0.15) is 11.6 Å². The van der Waals surface area contributed by atoms with Crippen LogP contribution in [0, 0.1) is 0 Å². The summed E-state index contributed by atoms with van der Waals surface area (Å²) in [5, 5.41) is 16.0. The Morgan fingerprint density at radius 2 is 1.77 bits per heavy atom. The maximum absolute atomic E-state index is 12.6. The smallest absolute Gasteiger partial charge is 0.245 e. The van der Waals surface area contributed by atoms with Crippen LogP contribution in [0.4, 0.5) is 5.69 Å². The summed E-state index contributed by atoms with van der Waals surface area (Å²) in [5.41, 5.74) is 9.17. The van der Waals surface area contributed by atoms with Crippen LogP contribution in [0.3, 0.4) is 0 Å². The number of nitrogens with zero attached hydrogens (tertiary/aromatic N) is 1. The lowest BCUT2D eigenvalue weighted by atomic mass is 10.1. The average molecular weight is 421 g/mol. The van der Waals surface area contributed by atoms with Gasteiger partial charge < -0.3 is 11.1 Å². The third kappa shape index (κ3) is 3.94. The Bertz CT molecular complexity index is 1330. The summed E-state index contributed by atoms with van der Waals surface area (Å²) >= 11 is 0. The summed E-state index contributed by atoms with van der Waals surface area (Å²) in [6, 6.07) is 19.8. The van der Waals surface area contributed by atoms with Crippen molar-refractivity contribution < 1.29 is 13.2 Å². The van der Waals surface area contributed by atoms with Crippen molar-refractivity contribution in [2.45, 2.75) is 10.9 Å². The van der Waals surface area contributed by atoms with Gasteiger partial charge in [-0.25, -0.2) is 13.6 Å². The molecule has 0 radical (unpaired) electrons. The highest BCUT2D eigenvalue weighted by Gasteiger charge is 2.17. The second kappa shape index (κ2) is 7.71. The first-order valence-electron chi connectivity index (χ1n) is 9.06. The van der Waals surface area contributed by atoms with Crippen LogP contribution in [0.25, 0.3) is 22.2 Å². The maximum atomic E-state index is 12.6. The lowest BCUT2D eigenvalue weighted by Gasteiger charge is -2.12. The number of primary sulfonamides is 1. The van der Waals surface area contributed by atoms with E-state index in [4.69, 9.17) is 10.9 Å². The average Bonchev–Trinajstić information content (AvgIpc) is 3.16. The van der Waals surface area contributed by atoms with E-state index < -0.39 is 16.1 Å². The van der Waals surface area contributed by atoms with Gasteiger partial charge in [0.05, 0.1) is 10.4 Å². The SMILES string of the molecule is NC(C(=O)Nc1ccc2[nH]nc(-c3cccc(S(N)(=O)=O)c3)c2c1)c1ccccc1. The Labute approximate surface area is 173 Å². The number of rotatable bonds is 5. The van der Waals surface area contributed by atoms with Gasteiger partial charge in [-0.05, 0) is 35.9 Å². The highest BCUT2D eigenvalue weighted by atomic mass is 32.2. The van der Waals surface area contributed by atoms with Gasteiger partial charge in [-0.1, -0.05) is 42.5 Å². The summed E-state index contributed by atoms with van der Waals surface area (Å²) in [6.45, 7) is 0.